The van der Waals surface area contributed by atoms with Crippen molar-refractivity contribution in [1.29, 1.82) is 0 Å². The number of likely N-dealkylation sites (tertiary alicyclic amines) is 1. The number of pyridine rings is 1. The molecule has 3 aromatic rings. The van der Waals surface area contributed by atoms with Crippen LogP contribution in [0.2, 0.25) is 5.02 Å². The Kier molecular flexibility index (Phi) is 6.05. The summed E-state index contributed by atoms with van der Waals surface area (Å²) < 4.78 is 13.7. The quantitative estimate of drug-likeness (QED) is 0.617. The van der Waals surface area contributed by atoms with E-state index in [1.165, 1.54) is 4.90 Å². The number of primary amides is 1. The van der Waals surface area contributed by atoms with E-state index in [9.17, 15) is 18.8 Å². The van der Waals surface area contributed by atoms with Gasteiger partial charge in [0, 0.05) is 18.0 Å². The maximum absolute atomic E-state index is 13.7. The number of halogens is 2. The smallest absolute Gasteiger partial charge is 0.274 e. The number of fused-ring (bicyclic) bond motifs is 1. The Bertz CT molecular complexity index is 1210. The van der Waals surface area contributed by atoms with Crippen LogP contribution in [0.25, 0.3) is 10.8 Å². The first-order chi connectivity index (χ1) is 15.3. The molecule has 0 radical (unpaired) electrons. The van der Waals surface area contributed by atoms with Gasteiger partial charge in [0.05, 0.1) is 23.7 Å². The summed E-state index contributed by atoms with van der Waals surface area (Å²) in [4.78, 5) is 42.2. The summed E-state index contributed by atoms with van der Waals surface area (Å²) >= 11 is 6.33. The van der Waals surface area contributed by atoms with Gasteiger partial charge < -0.3 is 16.0 Å². The second-order valence-corrected chi connectivity index (χ2v) is 8.03. The standard InChI is InChI=1S/C23H20ClFN4O3/c24-17-9-13(10-20(30)29-12-15(25)11-19(29)22(26)31)5-6-18(17)28-23(32)21-16-4-2-1-3-14(16)7-8-27-21/h1-9,15,19H,10-12H2,(H2,26,31)(H,28,32)/t15-,19-/m0/s1. The average molecular weight is 455 g/mol. The van der Waals surface area contributed by atoms with E-state index in [4.69, 9.17) is 17.3 Å². The number of anilines is 1. The third-order valence-corrected chi connectivity index (χ3v) is 5.74. The van der Waals surface area contributed by atoms with Crippen molar-refractivity contribution in [3.05, 3.63) is 71.0 Å². The van der Waals surface area contributed by atoms with Crippen LogP contribution in [-0.4, -0.2) is 46.4 Å². The van der Waals surface area contributed by atoms with Crippen LogP contribution in [0.1, 0.15) is 22.5 Å². The lowest BCUT2D eigenvalue weighted by molar-refractivity contribution is -0.136. The molecular weight excluding hydrogens is 435 g/mol. The van der Waals surface area contributed by atoms with Gasteiger partial charge in [0.2, 0.25) is 11.8 Å². The number of carbonyl (C=O) groups excluding carboxylic acids is 3. The van der Waals surface area contributed by atoms with Crippen molar-refractivity contribution in [3.63, 3.8) is 0 Å². The third-order valence-electron chi connectivity index (χ3n) is 5.42. The first-order valence-corrected chi connectivity index (χ1v) is 10.4. The number of hydrogen-bond acceptors (Lipinski definition) is 4. The molecule has 0 bridgehead atoms. The molecule has 164 valence electrons. The van der Waals surface area contributed by atoms with Gasteiger partial charge in [-0.05, 0) is 29.1 Å². The lowest BCUT2D eigenvalue weighted by Crippen LogP contribution is -2.44. The summed E-state index contributed by atoms with van der Waals surface area (Å²) in [5.74, 6) is -1.55. The zero-order chi connectivity index (χ0) is 22.8. The fraction of sp³-hybridized carbons (Fsp3) is 0.217. The summed E-state index contributed by atoms with van der Waals surface area (Å²) in [6.07, 6.45) is 0.123. The molecule has 4 rings (SSSR count). The summed E-state index contributed by atoms with van der Waals surface area (Å²) in [6.45, 7) is -0.160. The fourth-order valence-electron chi connectivity index (χ4n) is 3.86. The van der Waals surface area contributed by atoms with Crippen LogP contribution in [-0.2, 0) is 16.0 Å². The van der Waals surface area contributed by atoms with Gasteiger partial charge in [-0.15, -0.1) is 0 Å². The first-order valence-electron chi connectivity index (χ1n) is 10.00. The van der Waals surface area contributed by atoms with Gasteiger partial charge in [-0.1, -0.05) is 41.9 Å². The summed E-state index contributed by atoms with van der Waals surface area (Å²) in [5.41, 5.74) is 6.48. The number of amides is 3. The molecule has 2 aromatic carbocycles. The molecule has 9 heteroatoms. The molecule has 1 aliphatic heterocycles. The molecular formula is C23H20ClFN4O3. The van der Waals surface area contributed by atoms with Crippen molar-refractivity contribution in [2.75, 3.05) is 11.9 Å². The topological polar surface area (TPSA) is 105 Å². The molecule has 3 amide bonds. The second kappa shape index (κ2) is 8.92. The van der Waals surface area contributed by atoms with E-state index in [1.807, 2.05) is 30.3 Å². The van der Waals surface area contributed by atoms with E-state index in [0.29, 0.717) is 16.6 Å². The minimum Gasteiger partial charge on any atom is -0.368 e. The Morgan fingerprint density at radius 2 is 1.97 bits per heavy atom. The van der Waals surface area contributed by atoms with Crippen molar-refractivity contribution in [3.8, 4) is 0 Å². The molecule has 3 N–H and O–H groups in total. The lowest BCUT2D eigenvalue weighted by atomic mass is 10.1. The highest BCUT2D eigenvalue weighted by Gasteiger charge is 2.38. The summed E-state index contributed by atoms with van der Waals surface area (Å²) in [7, 11) is 0. The van der Waals surface area contributed by atoms with E-state index in [0.717, 1.165) is 5.39 Å². The maximum Gasteiger partial charge on any atom is 0.274 e. The van der Waals surface area contributed by atoms with E-state index in [2.05, 4.69) is 10.3 Å². The van der Waals surface area contributed by atoms with Gasteiger partial charge in [0.15, 0.2) is 0 Å². The minimum atomic E-state index is -1.28. The number of nitrogens with two attached hydrogens (primary N) is 1. The van der Waals surface area contributed by atoms with Crippen LogP contribution >= 0.6 is 11.6 Å². The number of nitrogens with zero attached hydrogens (tertiary/aromatic N) is 2. The average Bonchev–Trinajstić information content (AvgIpc) is 3.17. The molecule has 2 heterocycles. The number of hydrogen-bond donors (Lipinski definition) is 2. The van der Waals surface area contributed by atoms with Gasteiger partial charge in [-0.3, -0.25) is 19.4 Å². The Balaban J connectivity index is 1.48. The van der Waals surface area contributed by atoms with Crippen LogP contribution in [0.5, 0.6) is 0 Å². The van der Waals surface area contributed by atoms with Crippen LogP contribution in [0.4, 0.5) is 10.1 Å². The van der Waals surface area contributed by atoms with Crippen LogP contribution in [0.3, 0.4) is 0 Å². The van der Waals surface area contributed by atoms with Crippen LogP contribution in [0, 0.1) is 0 Å². The highest BCUT2D eigenvalue weighted by Crippen LogP contribution is 2.26. The Morgan fingerprint density at radius 3 is 2.72 bits per heavy atom. The van der Waals surface area contributed by atoms with Gasteiger partial charge in [0.25, 0.3) is 5.91 Å². The highest BCUT2D eigenvalue weighted by atomic mass is 35.5. The van der Waals surface area contributed by atoms with Gasteiger partial charge in [-0.2, -0.15) is 0 Å². The molecule has 2 atom stereocenters. The highest BCUT2D eigenvalue weighted by molar-refractivity contribution is 6.34. The molecule has 1 fully saturated rings. The van der Waals surface area contributed by atoms with E-state index in [1.54, 1.807) is 24.4 Å². The predicted octanol–water partition coefficient (Wildman–Crippen LogP) is 3.11. The Morgan fingerprint density at radius 1 is 1.19 bits per heavy atom. The van der Waals surface area contributed by atoms with Crippen LogP contribution < -0.4 is 11.1 Å². The SMILES string of the molecule is NC(=O)[C@@H]1C[C@H](F)CN1C(=O)Cc1ccc(NC(=O)c2nccc3ccccc23)c(Cl)c1. The van der Waals surface area contributed by atoms with Crippen LogP contribution in [0.15, 0.2) is 54.7 Å². The largest absolute Gasteiger partial charge is 0.368 e. The molecule has 1 aromatic heterocycles. The molecule has 0 unspecified atom stereocenters. The van der Waals surface area contributed by atoms with E-state index >= 15 is 0 Å². The molecule has 32 heavy (non-hydrogen) atoms. The zero-order valence-corrected chi connectivity index (χ0v) is 17.7. The molecule has 7 nitrogen and oxygen atoms in total. The van der Waals surface area contributed by atoms with Crippen molar-refractivity contribution >= 4 is 45.8 Å². The number of nitrogens with one attached hydrogen (secondary N) is 1. The third kappa shape index (κ3) is 4.40. The van der Waals surface area contributed by atoms with Gasteiger partial charge in [-0.25, -0.2) is 4.39 Å². The first kappa shape index (κ1) is 21.7. The second-order valence-electron chi connectivity index (χ2n) is 7.62. The van der Waals surface area contributed by atoms with E-state index < -0.39 is 29.9 Å². The minimum absolute atomic E-state index is 0.0741. The normalized spacial score (nSPS) is 18.0. The Labute approximate surface area is 188 Å². The summed E-state index contributed by atoms with van der Waals surface area (Å²) in [5, 5.41) is 4.58. The number of carbonyl (C=O) groups is 3. The molecule has 1 aliphatic rings. The molecule has 0 spiro atoms. The number of rotatable bonds is 5. The monoisotopic (exact) mass is 454 g/mol. The number of benzene rings is 2. The predicted molar refractivity (Wildman–Crippen MR) is 119 cm³/mol. The van der Waals surface area contributed by atoms with Crippen molar-refractivity contribution < 1.29 is 18.8 Å². The maximum atomic E-state index is 13.7. The van der Waals surface area contributed by atoms with Gasteiger partial charge in [0.1, 0.15) is 17.9 Å². The van der Waals surface area contributed by atoms with Crippen molar-refractivity contribution in [1.82, 2.24) is 9.88 Å². The summed E-state index contributed by atoms with van der Waals surface area (Å²) in [6, 6.07) is 13.1. The van der Waals surface area contributed by atoms with Crippen molar-refractivity contribution in [2.24, 2.45) is 5.73 Å². The fourth-order valence-corrected chi connectivity index (χ4v) is 4.11. The number of alkyl halides is 1. The van der Waals surface area contributed by atoms with Gasteiger partial charge >= 0.3 is 0 Å². The Hall–Kier alpha value is -3.52. The van der Waals surface area contributed by atoms with Crippen molar-refractivity contribution in [2.45, 2.75) is 25.1 Å². The lowest BCUT2D eigenvalue weighted by Gasteiger charge is -2.22. The molecule has 0 aliphatic carbocycles. The number of aromatic nitrogens is 1. The molecule has 0 saturated carbocycles. The molecule has 1 saturated heterocycles. The van der Waals surface area contributed by atoms with E-state index in [-0.39, 0.29) is 30.1 Å². The zero-order valence-electron chi connectivity index (χ0n) is 16.9.